The summed E-state index contributed by atoms with van der Waals surface area (Å²) in [6.07, 6.45) is 0. The van der Waals surface area contributed by atoms with Gasteiger partial charge in [-0.05, 0) is 38.5 Å². The first kappa shape index (κ1) is 14.8. The zero-order valence-corrected chi connectivity index (χ0v) is 13.0. The van der Waals surface area contributed by atoms with E-state index in [1.807, 2.05) is 26.0 Å². The van der Waals surface area contributed by atoms with Crippen molar-refractivity contribution >= 4 is 11.3 Å². The fraction of sp³-hybridized carbons (Fsp3) is 0.400. The zero-order valence-electron chi connectivity index (χ0n) is 12.2. The number of aromatic nitrogens is 1. The first-order valence-electron chi connectivity index (χ1n) is 6.54. The molecule has 0 saturated heterocycles. The molecule has 0 fully saturated rings. The van der Waals surface area contributed by atoms with Gasteiger partial charge in [-0.25, -0.2) is 4.98 Å². The number of methoxy groups -OCH3 is 1. The summed E-state index contributed by atoms with van der Waals surface area (Å²) >= 11 is 1.73. The Labute approximate surface area is 123 Å². The van der Waals surface area contributed by atoms with Gasteiger partial charge in [0.05, 0.1) is 17.8 Å². The van der Waals surface area contributed by atoms with Gasteiger partial charge in [0.25, 0.3) is 0 Å². The topological polar surface area (TPSA) is 54.4 Å². The number of hydrogen-bond acceptors (Lipinski definition) is 5. The van der Waals surface area contributed by atoms with E-state index in [9.17, 15) is 5.11 Å². The number of hydrogen-bond donors (Lipinski definition) is 2. The second-order valence-electron chi connectivity index (χ2n) is 4.79. The summed E-state index contributed by atoms with van der Waals surface area (Å²) in [7, 11) is 1.55. The molecule has 20 heavy (non-hydrogen) atoms. The van der Waals surface area contributed by atoms with Crippen LogP contribution in [0, 0.1) is 13.8 Å². The molecule has 2 rings (SSSR count). The molecular weight excluding hydrogens is 272 g/mol. The van der Waals surface area contributed by atoms with E-state index in [0.29, 0.717) is 12.3 Å². The average molecular weight is 292 g/mol. The molecule has 2 aromatic rings. The van der Waals surface area contributed by atoms with Crippen LogP contribution in [0.15, 0.2) is 18.2 Å². The van der Waals surface area contributed by atoms with Crippen molar-refractivity contribution in [2.24, 2.45) is 0 Å². The van der Waals surface area contributed by atoms with E-state index in [2.05, 4.69) is 17.2 Å². The molecule has 1 aromatic carbocycles. The molecule has 0 radical (unpaired) electrons. The first-order chi connectivity index (χ1) is 9.51. The molecule has 108 valence electrons. The van der Waals surface area contributed by atoms with Crippen molar-refractivity contribution in [2.75, 3.05) is 7.11 Å². The number of ether oxygens (including phenoxy) is 1. The molecule has 1 unspecified atom stereocenters. The number of phenols is 1. The van der Waals surface area contributed by atoms with Crippen LogP contribution in [0.2, 0.25) is 0 Å². The lowest BCUT2D eigenvalue weighted by molar-refractivity contribution is 0.372. The summed E-state index contributed by atoms with van der Waals surface area (Å²) < 4.78 is 5.11. The van der Waals surface area contributed by atoms with Gasteiger partial charge in [0, 0.05) is 17.5 Å². The number of nitrogens with zero attached hydrogens (tertiary/aromatic N) is 1. The van der Waals surface area contributed by atoms with Gasteiger partial charge < -0.3 is 15.2 Å². The number of thiazole rings is 1. The van der Waals surface area contributed by atoms with Crippen molar-refractivity contribution in [1.29, 1.82) is 0 Å². The summed E-state index contributed by atoms with van der Waals surface area (Å²) in [5, 5.41) is 14.1. The highest BCUT2D eigenvalue weighted by molar-refractivity contribution is 7.11. The molecule has 0 bridgehead atoms. The Morgan fingerprint density at radius 3 is 2.75 bits per heavy atom. The summed E-state index contributed by atoms with van der Waals surface area (Å²) in [6, 6.07) is 5.64. The Balaban J connectivity index is 2.03. The minimum Gasteiger partial charge on any atom is -0.504 e. The van der Waals surface area contributed by atoms with E-state index in [1.165, 1.54) is 4.88 Å². The molecule has 5 heteroatoms. The number of rotatable bonds is 5. The van der Waals surface area contributed by atoms with E-state index >= 15 is 0 Å². The number of phenolic OH excluding ortho intramolecular Hbond substituents is 1. The smallest absolute Gasteiger partial charge is 0.160 e. The quantitative estimate of drug-likeness (QED) is 0.887. The van der Waals surface area contributed by atoms with Crippen LogP contribution in [0.5, 0.6) is 11.5 Å². The van der Waals surface area contributed by atoms with Gasteiger partial charge in [-0.1, -0.05) is 6.07 Å². The third kappa shape index (κ3) is 3.29. The number of aromatic hydroxyl groups is 1. The Hall–Kier alpha value is -1.59. The normalized spacial score (nSPS) is 12.4. The van der Waals surface area contributed by atoms with E-state index in [0.717, 1.165) is 16.3 Å². The van der Waals surface area contributed by atoms with E-state index < -0.39 is 0 Å². The largest absolute Gasteiger partial charge is 0.504 e. The van der Waals surface area contributed by atoms with Crippen LogP contribution in [0.3, 0.4) is 0 Å². The van der Waals surface area contributed by atoms with Crippen LogP contribution in [0.25, 0.3) is 0 Å². The first-order valence-corrected chi connectivity index (χ1v) is 7.36. The molecule has 0 saturated carbocycles. The van der Waals surface area contributed by atoms with E-state index in [-0.39, 0.29) is 11.8 Å². The molecular formula is C15H20N2O2S. The molecule has 1 atom stereocenters. The Morgan fingerprint density at radius 2 is 2.15 bits per heavy atom. The van der Waals surface area contributed by atoms with Crippen LogP contribution in [-0.2, 0) is 6.54 Å². The monoisotopic (exact) mass is 292 g/mol. The van der Waals surface area contributed by atoms with Crippen molar-refractivity contribution in [3.05, 3.63) is 39.3 Å². The SMILES string of the molecule is COc1cc(CNC(C)c2sc(C)nc2C)ccc1O. The maximum absolute atomic E-state index is 9.58. The standard InChI is InChI=1S/C15H20N2O2S/c1-9(15-10(2)17-11(3)20-15)16-8-12-5-6-13(18)14(7-12)19-4/h5-7,9,16,18H,8H2,1-4H3. The minimum atomic E-state index is 0.165. The lowest BCUT2D eigenvalue weighted by Crippen LogP contribution is -2.17. The molecule has 0 amide bonds. The van der Waals surface area contributed by atoms with Crippen LogP contribution in [0.4, 0.5) is 0 Å². The van der Waals surface area contributed by atoms with Gasteiger partial charge >= 0.3 is 0 Å². The Bertz CT molecular complexity index is 596. The molecule has 0 spiro atoms. The van der Waals surface area contributed by atoms with Crippen molar-refractivity contribution in [3.63, 3.8) is 0 Å². The van der Waals surface area contributed by atoms with Crippen LogP contribution >= 0.6 is 11.3 Å². The molecule has 4 nitrogen and oxygen atoms in total. The van der Waals surface area contributed by atoms with Crippen molar-refractivity contribution < 1.29 is 9.84 Å². The van der Waals surface area contributed by atoms with Gasteiger partial charge in [0.2, 0.25) is 0 Å². The zero-order chi connectivity index (χ0) is 14.7. The lowest BCUT2D eigenvalue weighted by atomic mass is 10.1. The average Bonchev–Trinajstić information content (AvgIpc) is 2.76. The molecule has 0 aliphatic carbocycles. The van der Waals surface area contributed by atoms with Crippen molar-refractivity contribution in [1.82, 2.24) is 10.3 Å². The highest BCUT2D eigenvalue weighted by Gasteiger charge is 2.12. The fourth-order valence-corrected chi connectivity index (χ4v) is 3.10. The second-order valence-corrected chi connectivity index (χ2v) is 6.03. The molecule has 0 aliphatic heterocycles. The summed E-state index contributed by atoms with van der Waals surface area (Å²) in [5.74, 6) is 0.667. The third-order valence-electron chi connectivity index (χ3n) is 3.19. The molecule has 1 aromatic heterocycles. The summed E-state index contributed by atoms with van der Waals surface area (Å²) in [5.41, 5.74) is 2.17. The van der Waals surface area contributed by atoms with Gasteiger partial charge in [-0.2, -0.15) is 0 Å². The highest BCUT2D eigenvalue weighted by atomic mass is 32.1. The van der Waals surface area contributed by atoms with Crippen LogP contribution in [0.1, 0.15) is 34.1 Å². The maximum atomic E-state index is 9.58. The van der Waals surface area contributed by atoms with Crippen LogP contribution < -0.4 is 10.1 Å². The summed E-state index contributed by atoms with van der Waals surface area (Å²) in [6.45, 7) is 6.92. The number of nitrogens with one attached hydrogen (secondary N) is 1. The number of benzene rings is 1. The van der Waals surface area contributed by atoms with Gasteiger partial charge in [-0.3, -0.25) is 0 Å². The van der Waals surface area contributed by atoms with Crippen LogP contribution in [-0.4, -0.2) is 17.2 Å². The molecule has 2 N–H and O–H groups in total. The predicted octanol–water partition coefficient (Wildman–Crippen LogP) is 3.32. The Kier molecular flexibility index (Phi) is 4.62. The van der Waals surface area contributed by atoms with E-state index in [1.54, 1.807) is 24.5 Å². The van der Waals surface area contributed by atoms with Gasteiger partial charge in [0.1, 0.15) is 0 Å². The predicted molar refractivity (Wildman–Crippen MR) is 81.5 cm³/mol. The van der Waals surface area contributed by atoms with E-state index in [4.69, 9.17) is 4.74 Å². The van der Waals surface area contributed by atoms with Gasteiger partial charge in [0.15, 0.2) is 11.5 Å². The fourth-order valence-electron chi connectivity index (χ4n) is 2.14. The molecule has 0 aliphatic rings. The van der Waals surface area contributed by atoms with Gasteiger partial charge in [-0.15, -0.1) is 11.3 Å². The minimum absolute atomic E-state index is 0.165. The van der Waals surface area contributed by atoms with Crippen molar-refractivity contribution in [2.45, 2.75) is 33.4 Å². The number of aryl methyl sites for hydroxylation is 2. The van der Waals surface area contributed by atoms with Crippen molar-refractivity contribution in [3.8, 4) is 11.5 Å². The highest BCUT2D eigenvalue weighted by Crippen LogP contribution is 2.27. The maximum Gasteiger partial charge on any atom is 0.160 e. The summed E-state index contributed by atoms with van der Waals surface area (Å²) in [4.78, 5) is 5.72. The lowest BCUT2D eigenvalue weighted by Gasteiger charge is -2.13. The molecule has 1 heterocycles. The second kappa shape index (κ2) is 6.24. The third-order valence-corrected chi connectivity index (χ3v) is 4.44. The Morgan fingerprint density at radius 1 is 1.40 bits per heavy atom.